The van der Waals surface area contributed by atoms with Crippen molar-refractivity contribution in [1.82, 2.24) is 4.72 Å². The second-order valence-electron chi connectivity index (χ2n) is 5.35. The van der Waals surface area contributed by atoms with Crippen molar-refractivity contribution in [2.24, 2.45) is 5.92 Å². The van der Waals surface area contributed by atoms with E-state index in [1.165, 1.54) is 6.07 Å². The van der Waals surface area contributed by atoms with Gasteiger partial charge in [-0.25, -0.2) is 13.1 Å². The van der Waals surface area contributed by atoms with Crippen LogP contribution < -0.4 is 10.5 Å². The molecule has 0 spiro atoms. The maximum Gasteiger partial charge on any atom is 0.240 e. The Bertz CT molecular complexity index is 506. The van der Waals surface area contributed by atoms with Crippen molar-refractivity contribution in [3.8, 4) is 0 Å². The number of aryl methyl sites for hydroxylation is 1. The molecule has 1 aromatic rings. The maximum absolute atomic E-state index is 12.3. The molecule has 0 fully saturated rings. The first-order valence-corrected chi connectivity index (χ1v) is 8.74. The van der Waals surface area contributed by atoms with E-state index in [-0.39, 0.29) is 4.90 Å². The van der Waals surface area contributed by atoms with Crippen molar-refractivity contribution in [2.45, 2.75) is 51.3 Å². The molecule has 0 aliphatic rings. The van der Waals surface area contributed by atoms with Crippen LogP contribution in [0.3, 0.4) is 0 Å². The minimum atomic E-state index is -3.47. The molecule has 1 atom stereocenters. The zero-order valence-corrected chi connectivity index (χ0v) is 13.5. The number of rotatable bonds is 8. The number of benzene rings is 1. The number of nitrogens with one attached hydrogen (secondary N) is 1. The van der Waals surface area contributed by atoms with E-state index in [4.69, 9.17) is 5.73 Å². The fourth-order valence-electron chi connectivity index (χ4n) is 2.19. The molecule has 0 saturated heterocycles. The molecule has 1 rings (SSSR count). The number of nitrogens with two attached hydrogens (primary N) is 1. The van der Waals surface area contributed by atoms with Gasteiger partial charge < -0.3 is 5.73 Å². The van der Waals surface area contributed by atoms with Crippen LogP contribution in [-0.4, -0.2) is 15.0 Å². The molecule has 0 aliphatic carbocycles. The molecule has 0 aliphatic heterocycles. The van der Waals surface area contributed by atoms with E-state index in [1.807, 2.05) is 6.92 Å². The lowest BCUT2D eigenvalue weighted by molar-refractivity contribution is 0.443. The van der Waals surface area contributed by atoms with Crippen molar-refractivity contribution in [3.05, 3.63) is 23.8 Å². The lowest BCUT2D eigenvalue weighted by atomic mass is 10.00. The fourth-order valence-corrected chi connectivity index (χ4v) is 3.44. The largest absolute Gasteiger partial charge is 0.399 e. The molecule has 0 amide bonds. The first kappa shape index (κ1) is 17.0. The van der Waals surface area contributed by atoms with Crippen LogP contribution in [0.4, 0.5) is 5.69 Å². The van der Waals surface area contributed by atoms with Gasteiger partial charge in [0.2, 0.25) is 10.0 Å². The van der Waals surface area contributed by atoms with Gasteiger partial charge in [-0.3, -0.25) is 0 Å². The third-order valence-electron chi connectivity index (χ3n) is 3.49. The van der Waals surface area contributed by atoms with Gasteiger partial charge in [-0.15, -0.1) is 0 Å². The Kier molecular flexibility index (Phi) is 6.49. The second kappa shape index (κ2) is 7.64. The molecule has 4 nitrogen and oxygen atoms in total. The zero-order chi connectivity index (χ0) is 15.2. The summed E-state index contributed by atoms with van der Waals surface area (Å²) in [6, 6.07) is 4.91. The van der Waals surface area contributed by atoms with Gasteiger partial charge in [-0.05, 0) is 43.0 Å². The maximum atomic E-state index is 12.3. The van der Waals surface area contributed by atoms with Gasteiger partial charge in [0, 0.05) is 12.2 Å². The number of hydrogen-bond donors (Lipinski definition) is 2. The van der Waals surface area contributed by atoms with Crippen LogP contribution in [0.5, 0.6) is 0 Å². The van der Waals surface area contributed by atoms with Crippen molar-refractivity contribution in [1.29, 1.82) is 0 Å². The zero-order valence-electron chi connectivity index (χ0n) is 12.6. The minimum Gasteiger partial charge on any atom is -0.399 e. The van der Waals surface area contributed by atoms with E-state index >= 15 is 0 Å². The van der Waals surface area contributed by atoms with Crippen LogP contribution in [0, 0.1) is 12.8 Å². The highest BCUT2D eigenvalue weighted by atomic mass is 32.2. The Balaban J connectivity index is 2.74. The predicted octanol–water partition coefficient (Wildman–Crippen LogP) is 3.07. The summed E-state index contributed by atoms with van der Waals surface area (Å²) in [5.74, 6) is 0.395. The van der Waals surface area contributed by atoms with Gasteiger partial charge in [0.1, 0.15) is 0 Å². The first-order chi connectivity index (χ1) is 9.39. The molecule has 0 aromatic heterocycles. The average molecular weight is 298 g/mol. The third-order valence-corrected chi connectivity index (χ3v) is 4.89. The van der Waals surface area contributed by atoms with Crippen LogP contribution in [0.25, 0.3) is 0 Å². The van der Waals surface area contributed by atoms with E-state index in [2.05, 4.69) is 18.6 Å². The molecule has 0 bridgehead atoms. The second-order valence-corrected chi connectivity index (χ2v) is 7.11. The first-order valence-electron chi connectivity index (χ1n) is 7.25. The number of anilines is 1. The van der Waals surface area contributed by atoms with Gasteiger partial charge in [0.15, 0.2) is 0 Å². The highest BCUT2D eigenvalue weighted by Gasteiger charge is 2.16. The molecule has 3 N–H and O–H groups in total. The highest BCUT2D eigenvalue weighted by Crippen LogP contribution is 2.17. The van der Waals surface area contributed by atoms with Crippen LogP contribution in [0.2, 0.25) is 0 Å². The Morgan fingerprint density at radius 1 is 1.25 bits per heavy atom. The molecule has 0 saturated carbocycles. The summed E-state index contributed by atoms with van der Waals surface area (Å²) in [4.78, 5) is 0.250. The van der Waals surface area contributed by atoms with Crippen molar-refractivity contribution < 1.29 is 8.42 Å². The smallest absolute Gasteiger partial charge is 0.240 e. The summed E-state index contributed by atoms with van der Waals surface area (Å²) < 4.78 is 27.2. The van der Waals surface area contributed by atoms with Gasteiger partial charge in [-0.2, -0.15) is 0 Å². The topological polar surface area (TPSA) is 72.2 Å². The number of nitrogen functional groups attached to an aromatic ring is 1. The molecule has 1 unspecified atom stereocenters. The van der Waals surface area contributed by atoms with Gasteiger partial charge in [0.25, 0.3) is 0 Å². The lowest BCUT2D eigenvalue weighted by Crippen LogP contribution is -2.29. The van der Waals surface area contributed by atoms with Gasteiger partial charge >= 0.3 is 0 Å². The highest BCUT2D eigenvalue weighted by molar-refractivity contribution is 7.89. The normalized spacial score (nSPS) is 13.3. The predicted molar refractivity (Wildman–Crippen MR) is 84.1 cm³/mol. The van der Waals surface area contributed by atoms with E-state index < -0.39 is 10.0 Å². The van der Waals surface area contributed by atoms with E-state index in [0.717, 1.165) is 31.2 Å². The summed E-state index contributed by atoms with van der Waals surface area (Å²) in [6.45, 7) is 6.57. The molecule has 5 heteroatoms. The van der Waals surface area contributed by atoms with Crippen molar-refractivity contribution in [3.63, 3.8) is 0 Å². The summed E-state index contributed by atoms with van der Waals surface area (Å²) in [5.41, 5.74) is 7.04. The van der Waals surface area contributed by atoms with E-state index in [1.54, 1.807) is 12.1 Å². The summed E-state index contributed by atoms with van der Waals surface area (Å²) in [6.07, 6.45) is 4.32. The summed E-state index contributed by atoms with van der Waals surface area (Å²) >= 11 is 0. The molecule has 1 aromatic carbocycles. The molecule has 0 radical (unpaired) electrons. The SMILES string of the molecule is CCCCC(CC)CNS(=O)(=O)c1cc(C)cc(N)c1. The van der Waals surface area contributed by atoms with Crippen molar-refractivity contribution >= 4 is 15.7 Å². The van der Waals surface area contributed by atoms with E-state index in [0.29, 0.717) is 18.2 Å². The van der Waals surface area contributed by atoms with Crippen LogP contribution in [-0.2, 0) is 10.0 Å². The van der Waals surface area contributed by atoms with Gasteiger partial charge in [0.05, 0.1) is 4.90 Å². The molecule has 114 valence electrons. The van der Waals surface area contributed by atoms with Crippen LogP contribution in [0.1, 0.15) is 45.1 Å². The van der Waals surface area contributed by atoms with Gasteiger partial charge in [-0.1, -0.05) is 33.1 Å². The van der Waals surface area contributed by atoms with Crippen LogP contribution >= 0.6 is 0 Å². The summed E-state index contributed by atoms with van der Waals surface area (Å²) in [7, 11) is -3.47. The lowest BCUT2D eigenvalue weighted by Gasteiger charge is -2.15. The standard InChI is InChI=1S/C15H26N2O2S/c1-4-6-7-13(5-2)11-17-20(18,19)15-9-12(3)8-14(16)10-15/h8-10,13,17H,4-7,11,16H2,1-3H3. The third kappa shape index (κ3) is 5.13. The molecular weight excluding hydrogens is 272 g/mol. The molecule has 20 heavy (non-hydrogen) atoms. The van der Waals surface area contributed by atoms with Crippen molar-refractivity contribution in [2.75, 3.05) is 12.3 Å². The molecule has 0 heterocycles. The Labute approximate surface area is 122 Å². The Morgan fingerprint density at radius 2 is 1.95 bits per heavy atom. The van der Waals surface area contributed by atoms with Crippen LogP contribution in [0.15, 0.2) is 23.1 Å². The summed E-state index contributed by atoms with van der Waals surface area (Å²) in [5, 5.41) is 0. The number of unbranched alkanes of at least 4 members (excludes halogenated alkanes) is 1. The van der Waals surface area contributed by atoms with E-state index in [9.17, 15) is 8.42 Å². The fraction of sp³-hybridized carbons (Fsp3) is 0.600. The molecular formula is C15H26N2O2S. The monoisotopic (exact) mass is 298 g/mol. The number of hydrogen-bond acceptors (Lipinski definition) is 3. The minimum absolute atomic E-state index is 0.250. The average Bonchev–Trinajstić information content (AvgIpc) is 2.38. The Hall–Kier alpha value is -1.07. The quantitative estimate of drug-likeness (QED) is 0.724. The Morgan fingerprint density at radius 3 is 2.50 bits per heavy atom. The number of sulfonamides is 1.